The third-order valence-corrected chi connectivity index (χ3v) is 15.4. The maximum atomic E-state index is 14.5. The van der Waals surface area contributed by atoms with Crippen LogP contribution in [0.5, 0.6) is 0 Å². The summed E-state index contributed by atoms with van der Waals surface area (Å²) in [6.07, 6.45) is -0.505. The van der Waals surface area contributed by atoms with Crippen molar-refractivity contribution in [3.8, 4) is 55.9 Å². The fourth-order valence-electron chi connectivity index (χ4n) is 11.7. The predicted octanol–water partition coefficient (Wildman–Crippen LogP) is 17.2. The van der Waals surface area contributed by atoms with Crippen LogP contribution in [-0.4, -0.2) is 20.8 Å². The van der Waals surface area contributed by atoms with Crippen molar-refractivity contribution in [2.45, 2.75) is 6.17 Å². The lowest BCUT2D eigenvalue weighted by Gasteiger charge is -2.25. The Hall–Kier alpha value is -10.6. The summed E-state index contributed by atoms with van der Waals surface area (Å²) in [5.41, 5.74) is 17.0. The van der Waals surface area contributed by atoms with Gasteiger partial charge in [-0.25, -0.2) is 14.8 Å². The average Bonchev–Trinajstić information content (AvgIpc) is 4.26. The smallest absolute Gasteiger partial charge is 0.336 e. The Morgan fingerprint density at radius 1 is 0.380 bits per heavy atom. The van der Waals surface area contributed by atoms with Crippen LogP contribution in [0.3, 0.4) is 0 Å². The second kappa shape index (κ2) is 18.9. The molecule has 0 saturated carbocycles. The summed E-state index contributed by atoms with van der Waals surface area (Å²) < 4.78 is 11.2. The van der Waals surface area contributed by atoms with E-state index >= 15 is 0 Å². The monoisotopic (exact) mass is 1010 g/mol. The molecule has 7 nitrogen and oxygen atoms in total. The average molecular weight is 1010 g/mol. The van der Waals surface area contributed by atoms with E-state index in [-0.39, 0.29) is 0 Å². The molecule has 7 heteroatoms. The Morgan fingerprint density at radius 2 is 0.772 bits per heavy atom. The van der Waals surface area contributed by atoms with Gasteiger partial charge in [0.25, 0.3) is 0 Å². The SMILES string of the molecule is O=c1cc(C2=NC(c3ccccc3)=NC(c3ccccc3)N2)c2c(-n3c4ccc(-c5ccccc5)cc4c4cc(-c5ccccc5)ccc43)cc(-n3c4ccc(-c5ccccc5)cc4c4cc(-c5ccccc5)ccc43)cc2o1. The van der Waals surface area contributed by atoms with E-state index in [9.17, 15) is 4.79 Å². The van der Waals surface area contributed by atoms with Crippen molar-refractivity contribution in [2.75, 3.05) is 0 Å². The van der Waals surface area contributed by atoms with Crippen LogP contribution in [0, 0.1) is 0 Å². The Bertz CT molecular complexity index is 4600. The van der Waals surface area contributed by atoms with Crippen LogP contribution in [0.25, 0.3) is 110 Å². The summed E-state index contributed by atoms with van der Waals surface area (Å²) in [5.74, 6) is 1.06. The molecule has 11 aromatic carbocycles. The number of amidine groups is 2. The van der Waals surface area contributed by atoms with Crippen molar-refractivity contribution in [1.82, 2.24) is 14.5 Å². The van der Waals surface area contributed by atoms with Gasteiger partial charge in [0, 0.05) is 44.8 Å². The molecule has 1 unspecified atom stereocenters. The fourth-order valence-corrected chi connectivity index (χ4v) is 11.7. The summed E-state index contributed by atoms with van der Waals surface area (Å²) in [5, 5.41) is 8.79. The first-order valence-corrected chi connectivity index (χ1v) is 26.6. The van der Waals surface area contributed by atoms with E-state index < -0.39 is 11.8 Å². The molecule has 14 aromatic rings. The molecule has 0 bridgehead atoms. The Balaban J connectivity index is 1.05. The largest absolute Gasteiger partial charge is 0.423 e. The van der Waals surface area contributed by atoms with Crippen LogP contribution in [-0.2, 0) is 0 Å². The van der Waals surface area contributed by atoms with Crippen molar-refractivity contribution in [3.63, 3.8) is 0 Å². The number of rotatable bonds is 9. The number of aliphatic imine (C=N–C) groups is 2. The third kappa shape index (κ3) is 8.03. The zero-order valence-corrected chi connectivity index (χ0v) is 42.7. The molecule has 0 spiro atoms. The first-order chi connectivity index (χ1) is 39.1. The van der Waals surface area contributed by atoms with E-state index in [4.69, 9.17) is 14.4 Å². The Kier molecular flexibility index (Phi) is 10.9. The zero-order valence-electron chi connectivity index (χ0n) is 42.7. The molecular formula is C72H47N5O2. The lowest BCUT2D eigenvalue weighted by atomic mass is 10.0. The highest BCUT2D eigenvalue weighted by atomic mass is 16.4. The predicted molar refractivity (Wildman–Crippen MR) is 325 cm³/mol. The van der Waals surface area contributed by atoms with Gasteiger partial charge in [-0.2, -0.15) is 0 Å². The van der Waals surface area contributed by atoms with E-state index in [1.165, 1.54) is 0 Å². The van der Waals surface area contributed by atoms with E-state index in [1.807, 2.05) is 54.6 Å². The minimum absolute atomic E-state index is 0.410. The van der Waals surface area contributed by atoms with Crippen molar-refractivity contribution in [2.24, 2.45) is 9.98 Å². The van der Waals surface area contributed by atoms with Crippen molar-refractivity contribution < 1.29 is 4.42 Å². The minimum Gasteiger partial charge on any atom is -0.423 e. The van der Waals surface area contributed by atoms with Gasteiger partial charge >= 0.3 is 5.63 Å². The third-order valence-electron chi connectivity index (χ3n) is 15.4. The van der Waals surface area contributed by atoms with Crippen LogP contribution in [0.15, 0.2) is 292 Å². The molecule has 1 atom stereocenters. The minimum atomic E-state index is -0.505. The van der Waals surface area contributed by atoms with Crippen LogP contribution in [0.1, 0.15) is 22.9 Å². The molecule has 1 aliphatic heterocycles. The van der Waals surface area contributed by atoms with Gasteiger partial charge in [-0.1, -0.05) is 206 Å². The summed E-state index contributed by atoms with van der Waals surface area (Å²) in [6.45, 7) is 0. The lowest BCUT2D eigenvalue weighted by molar-refractivity contribution is 0.560. The van der Waals surface area contributed by atoms with Gasteiger partial charge in [0.2, 0.25) is 0 Å². The molecule has 0 aliphatic carbocycles. The second-order valence-electron chi connectivity index (χ2n) is 20.1. The molecule has 372 valence electrons. The highest BCUT2D eigenvalue weighted by molar-refractivity contribution is 6.20. The molecule has 4 heterocycles. The molecule has 0 radical (unpaired) electrons. The normalized spacial score (nSPS) is 13.5. The topological polar surface area (TPSA) is 76.8 Å². The summed E-state index contributed by atoms with van der Waals surface area (Å²) >= 11 is 0. The van der Waals surface area contributed by atoms with Gasteiger partial charge < -0.3 is 18.9 Å². The first-order valence-electron chi connectivity index (χ1n) is 26.6. The van der Waals surface area contributed by atoms with Gasteiger partial charge in [-0.15, -0.1) is 0 Å². The molecule has 15 rings (SSSR count). The molecule has 3 aromatic heterocycles. The molecule has 1 aliphatic rings. The number of nitrogens with one attached hydrogen (secondary N) is 1. The van der Waals surface area contributed by atoms with Crippen LogP contribution >= 0.6 is 0 Å². The number of fused-ring (bicyclic) bond motifs is 7. The van der Waals surface area contributed by atoms with E-state index in [0.29, 0.717) is 28.2 Å². The quantitative estimate of drug-likeness (QED) is 0.146. The van der Waals surface area contributed by atoms with Crippen molar-refractivity contribution in [1.29, 1.82) is 0 Å². The molecule has 79 heavy (non-hydrogen) atoms. The van der Waals surface area contributed by atoms with Crippen LogP contribution < -0.4 is 10.9 Å². The summed E-state index contributed by atoms with van der Waals surface area (Å²) in [6, 6.07) is 95.2. The van der Waals surface area contributed by atoms with Crippen molar-refractivity contribution in [3.05, 3.63) is 300 Å². The maximum absolute atomic E-state index is 14.5. The zero-order chi connectivity index (χ0) is 52.4. The molecule has 0 fully saturated rings. The van der Waals surface area contributed by atoms with Gasteiger partial charge in [0.15, 0.2) is 5.84 Å². The van der Waals surface area contributed by atoms with Gasteiger partial charge in [0.05, 0.1) is 38.8 Å². The maximum Gasteiger partial charge on any atom is 0.336 e. The number of nitrogens with zero attached hydrogens (tertiary/aromatic N) is 4. The van der Waals surface area contributed by atoms with E-state index in [2.05, 4.69) is 227 Å². The molecular weight excluding hydrogens is 967 g/mol. The second-order valence-corrected chi connectivity index (χ2v) is 20.1. The first kappa shape index (κ1) is 45.7. The number of hydrogen-bond acceptors (Lipinski definition) is 5. The number of benzene rings is 11. The highest BCUT2D eigenvalue weighted by Gasteiger charge is 2.28. The van der Waals surface area contributed by atoms with Gasteiger partial charge in [-0.3, -0.25) is 0 Å². The van der Waals surface area contributed by atoms with Gasteiger partial charge in [-0.05, 0) is 105 Å². The Morgan fingerprint density at radius 3 is 1.20 bits per heavy atom. The molecule has 0 amide bonds. The van der Waals surface area contributed by atoms with Crippen molar-refractivity contribution >= 4 is 66.3 Å². The standard InChI is InChI=1S/C72H47N5O2/c78-68-45-61(72-74-70(50-27-15-5-16-28-50)73-71(75-72)51-29-17-6-18-30-51)69-66(77-64-37-33-54(48-23-11-3-12-24-48)41-59(64)60-42-55(34-38-65(60)77)49-25-13-4-14-26-49)43-56(44-67(69)79-68)76-62-35-31-52(46-19-7-1-8-20-46)39-57(62)58-40-53(32-36-63(58)76)47-21-9-2-10-22-47/h1-45,70H,(H,73,74,75). The summed E-state index contributed by atoms with van der Waals surface area (Å²) in [4.78, 5) is 25.0. The van der Waals surface area contributed by atoms with Crippen LogP contribution in [0.4, 0.5) is 0 Å². The van der Waals surface area contributed by atoms with Gasteiger partial charge in [0.1, 0.15) is 17.6 Å². The fraction of sp³-hybridized carbons (Fsp3) is 0.0139. The highest BCUT2D eigenvalue weighted by Crippen LogP contribution is 2.43. The number of hydrogen-bond donors (Lipinski definition) is 1. The Labute approximate surface area is 455 Å². The summed E-state index contributed by atoms with van der Waals surface area (Å²) in [7, 11) is 0. The van der Waals surface area contributed by atoms with E-state index in [1.54, 1.807) is 6.07 Å². The van der Waals surface area contributed by atoms with E-state index in [0.717, 1.165) is 111 Å². The molecule has 0 saturated heterocycles. The van der Waals surface area contributed by atoms with Crippen LogP contribution in [0.2, 0.25) is 0 Å². The number of aromatic nitrogens is 2. The molecule has 1 N–H and O–H groups in total. The lowest BCUT2D eigenvalue weighted by Crippen LogP contribution is -2.34.